The average molecular weight is 270 g/mol. The minimum atomic E-state index is 0.173. The molecule has 0 bridgehead atoms. The van der Waals surface area contributed by atoms with Gasteiger partial charge >= 0.3 is 0 Å². The SMILES string of the molecule is COc1cccc(CC(=O)Cc2cccc(OC)c2)c1. The third kappa shape index (κ3) is 3.85. The molecule has 2 aromatic rings. The van der Waals surface area contributed by atoms with Gasteiger partial charge in [0.15, 0.2) is 0 Å². The highest BCUT2D eigenvalue weighted by atomic mass is 16.5. The summed E-state index contributed by atoms with van der Waals surface area (Å²) < 4.78 is 10.3. The maximum Gasteiger partial charge on any atom is 0.141 e. The second-order valence-electron chi connectivity index (χ2n) is 4.60. The summed E-state index contributed by atoms with van der Waals surface area (Å²) in [6.45, 7) is 0. The molecule has 2 rings (SSSR count). The second-order valence-corrected chi connectivity index (χ2v) is 4.60. The molecule has 0 aliphatic rings. The van der Waals surface area contributed by atoms with Crippen molar-refractivity contribution in [1.82, 2.24) is 0 Å². The van der Waals surface area contributed by atoms with Gasteiger partial charge in [0.25, 0.3) is 0 Å². The van der Waals surface area contributed by atoms with E-state index < -0.39 is 0 Å². The largest absolute Gasteiger partial charge is 0.497 e. The van der Waals surface area contributed by atoms with Crippen LogP contribution in [0.4, 0.5) is 0 Å². The third-order valence-electron chi connectivity index (χ3n) is 3.07. The molecule has 0 atom stereocenters. The molecule has 3 heteroatoms. The number of Topliss-reactive ketones (excluding diaryl/α,β-unsaturated/α-hetero) is 1. The van der Waals surface area contributed by atoms with Crippen LogP contribution >= 0.6 is 0 Å². The minimum Gasteiger partial charge on any atom is -0.497 e. The molecule has 104 valence electrons. The number of carbonyl (C=O) groups excluding carboxylic acids is 1. The van der Waals surface area contributed by atoms with E-state index in [9.17, 15) is 4.79 Å². The maximum absolute atomic E-state index is 12.1. The molecule has 2 aromatic carbocycles. The number of methoxy groups -OCH3 is 2. The maximum atomic E-state index is 12.1. The predicted octanol–water partition coefficient (Wildman–Crippen LogP) is 3.06. The Morgan fingerprint density at radius 1 is 0.850 bits per heavy atom. The van der Waals surface area contributed by atoms with E-state index in [0.717, 1.165) is 22.6 Å². The standard InChI is InChI=1S/C17H18O3/c1-19-16-7-3-5-13(11-16)9-15(18)10-14-6-4-8-17(12-14)20-2/h3-8,11-12H,9-10H2,1-2H3. The quantitative estimate of drug-likeness (QED) is 0.809. The normalized spacial score (nSPS) is 10.1. The van der Waals surface area contributed by atoms with Crippen LogP contribution in [0.2, 0.25) is 0 Å². The summed E-state index contributed by atoms with van der Waals surface area (Å²) in [4.78, 5) is 12.1. The van der Waals surface area contributed by atoms with Crippen molar-refractivity contribution in [1.29, 1.82) is 0 Å². The first-order valence-electron chi connectivity index (χ1n) is 6.49. The van der Waals surface area contributed by atoms with E-state index in [1.807, 2.05) is 48.5 Å². The Kier molecular flexibility index (Phi) is 4.77. The van der Waals surface area contributed by atoms with Crippen molar-refractivity contribution in [3.63, 3.8) is 0 Å². The van der Waals surface area contributed by atoms with Gasteiger partial charge in [-0.1, -0.05) is 24.3 Å². The molecule has 0 spiro atoms. The van der Waals surface area contributed by atoms with Crippen LogP contribution in [0.15, 0.2) is 48.5 Å². The monoisotopic (exact) mass is 270 g/mol. The van der Waals surface area contributed by atoms with E-state index in [2.05, 4.69) is 0 Å². The summed E-state index contributed by atoms with van der Waals surface area (Å²) in [7, 11) is 3.24. The molecule has 0 heterocycles. The van der Waals surface area contributed by atoms with Crippen molar-refractivity contribution < 1.29 is 14.3 Å². The first kappa shape index (κ1) is 14.1. The van der Waals surface area contributed by atoms with Gasteiger partial charge in [0.05, 0.1) is 14.2 Å². The Balaban J connectivity index is 2.01. The zero-order valence-electron chi connectivity index (χ0n) is 11.8. The molecule has 3 nitrogen and oxygen atoms in total. The number of hydrogen-bond donors (Lipinski definition) is 0. The lowest BCUT2D eigenvalue weighted by molar-refractivity contribution is -0.117. The van der Waals surface area contributed by atoms with E-state index >= 15 is 0 Å². The molecule has 0 aromatic heterocycles. The number of carbonyl (C=O) groups is 1. The van der Waals surface area contributed by atoms with Crippen LogP contribution in [-0.2, 0) is 17.6 Å². The molecule has 0 aliphatic carbocycles. The Bertz CT molecular complexity index is 539. The first-order valence-corrected chi connectivity index (χ1v) is 6.49. The highest BCUT2D eigenvalue weighted by Gasteiger charge is 2.07. The minimum absolute atomic E-state index is 0.173. The lowest BCUT2D eigenvalue weighted by Crippen LogP contribution is -2.06. The Morgan fingerprint density at radius 2 is 1.30 bits per heavy atom. The lowest BCUT2D eigenvalue weighted by atomic mass is 10.0. The fourth-order valence-corrected chi connectivity index (χ4v) is 2.08. The number of ether oxygens (including phenoxy) is 2. The van der Waals surface area contributed by atoms with E-state index in [4.69, 9.17) is 9.47 Å². The van der Waals surface area contributed by atoms with Crippen molar-refractivity contribution in [2.75, 3.05) is 14.2 Å². The molecule has 0 fully saturated rings. The Morgan fingerprint density at radius 3 is 1.70 bits per heavy atom. The lowest BCUT2D eigenvalue weighted by Gasteiger charge is -2.06. The van der Waals surface area contributed by atoms with Gasteiger partial charge in [-0.15, -0.1) is 0 Å². The molecular formula is C17H18O3. The van der Waals surface area contributed by atoms with Crippen LogP contribution in [0.5, 0.6) is 11.5 Å². The van der Waals surface area contributed by atoms with Crippen molar-refractivity contribution in [2.45, 2.75) is 12.8 Å². The zero-order valence-corrected chi connectivity index (χ0v) is 11.8. The van der Waals surface area contributed by atoms with Crippen molar-refractivity contribution in [3.8, 4) is 11.5 Å². The number of hydrogen-bond acceptors (Lipinski definition) is 3. The van der Waals surface area contributed by atoms with Gasteiger partial charge in [-0.25, -0.2) is 0 Å². The molecule has 0 unspecified atom stereocenters. The summed E-state index contributed by atoms with van der Waals surface area (Å²) in [6, 6.07) is 15.2. The van der Waals surface area contributed by atoms with Gasteiger partial charge in [-0.3, -0.25) is 4.79 Å². The first-order chi connectivity index (χ1) is 9.71. The molecule has 0 amide bonds. The summed E-state index contributed by atoms with van der Waals surface area (Å²) in [5.74, 6) is 1.72. The Labute approximate surface area is 119 Å². The van der Waals surface area contributed by atoms with Gasteiger partial charge in [-0.2, -0.15) is 0 Å². The van der Waals surface area contributed by atoms with Crippen molar-refractivity contribution in [3.05, 3.63) is 59.7 Å². The van der Waals surface area contributed by atoms with Gasteiger partial charge in [-0.05, 0) is 35.4 Å². The second kappa shape index (κ2) is 6.75. The fraction of sp³-hybridized carbons (Fsp3) is 0.235. The fourth-order valence-electron chi connectivity index (χ4n) is 2.08. The third-order valence-corrected chi connectivity index (χ3v) is 3.07. The van der Waals surface area contributed by atoms with Crippen LogP contribution in [0.3, 0.4) is 0 Å². The highest BCUT2D eigenvalue weighted by molar-refractivity contribution is 5.83. The van der Waals surface area contributed by atoms with E-state index in [1.54, 1.807) is 14.2 Å². The van der Waals surface area contributed by atoms with E-state index in [1.165, 1.54) is 0 Å². The summed E-state index contributed by atoms with van der Waals surface area (Å²) in [5.41, 5.74) is 1.94. The smallest absolute Gasteiger partial charge is 0.141 e. The summed E-state index contributed by atoms with van der Waals surface area (Å²) in [6.07, 6.45) is 0.822. The molecule has 0 saturated carbocycles. The zero-order chi connectivity index (χ0) is 14.4. The molecule has 0 radical (unpaired) electrons. The predicted molar refractivity (Wildman–Crippen MR) is 78.4 cm³/mol. The highest BCUT2D eigenvalue weighted by Crippen LogP contribution is 2.16. The van der Waals surface area contributed by atoms with Crippen LogP contribution < -0.4 is 9.47 Å². The van der Waals surface area contributed by atoms with E-state index in [-0.39, 0.29) is 5.78 Å². The topological polar surface area (TPSA) is 35.5 Å². The Hall–Kier alpha value is -2.29. The van der Waals surface area contributed by atoms with Gasteiger partial charge in [0.2, 0.25) is 0 Å². The van der Waals surface area contributed by atoms with Crippen LogP contribution in [0, 0.1) is 0 Å². The molecule has 0 saturated heterocycles. The van der Waals surface area contributed by atoms with Crippen molar-refractivity contribution in [2.24, 2.45) is 0 Å². The van der Waals surface area contributed by atoms with Gasteiger partial charge < -0.3 is 9.47 Å². The summed E-state index contributed by atoms with van der Waals surface area (Å²) >= 11 is 0. The molecule has 0 aliphatic heterocycles. The van der Waals surface area contributed by atoms with Gasteiger partial charge in [0, 0.05) is 12.8 Å². The molecular weight excluding hydrogens is 252 g/mol. The van der Waals surface area contributed by atoms with Crippen LogP contribution in [0.1, 0.15) is 11.1 Å². The molecule has 0 N–H and O–H groups in total. The number of ketones is 1. The van der Waals surface area contributed by atoms with Crippen molar-refractivity contribution >= 4 is 5.78 Å². The van der Waals surface area contributed by atoms with Crippen LogP contribution in [0.25, 0.3) is 0 Å². The van der Waals surface area contributed by atoms with Crippen LogP contribution in [-0.4, -0.2) is 20.0 Å². The average Bonchev–Trinajstić information content (AvgIpc) is 2.47. The molecule has 20 heavy (non-hydrogen) atoms. The number of benzene rings is 2. The van der Waals surface area contributed by atoms with Gasteiger partial charge in [0.1, 0.15) is 17.3 Å². The number of rotatable bonds is 6. The van der Waals surface area contributed by atoms with E-state index in [0.29, 0.717) is 12.8 Å². The summed E-state index contributed by atoms with van der Waals surface area (Å²) in [5, 5.41) is 0.